The van der Waals surface area contributed by atoms with Crippen molar-refractivity contribution in [1.82, 2.24) is 19.4 Å². The van der Waals surface area contributed by atoms with E-state index in [9.17, 15) is 0 Å². The molecule has 0 aliphatic carbocycles. The van der Waals surface area contributed by atoms with Gasteiger partial charge in [0.05, 0.1) is 18.7 Å². The Labute approximate surface area is 102 Å². The topological polar surface area (TPSA) is 48.1 Å². The Morgan fingerprint density at radius 3 is 2.65 bits per heavy atom. The highest BCUT2D eigenvalue weighted by Crippen LogP contribution is 2.08. The van der Waals surface area contributed by atoms with E-state index in [-0.39, 0.29) is 6.04 Å². The Morgan fingerprint density at radius 2 is 2.12 bits per heavy atom. The van der Waals surface area contributed by atoms with Crippen molar-refractivity contribution in [2.75, 3.05) is 26.2 Å². The van der Waals surface area contributed by atoms with Crippen molar-refractivity contribution < 1.29 is 0 Å². The molecule has 5 heteroatoms. The number of imidazole rings is 1. The second kappa shape index (κ2) is 5.30. The zero-order valence-electron chi connectivity index (χ0n) is 10.5. The first-order valence-corrected chi connectivity index (χ1v) is 6.03. The van der Waals surface area contributed by atoms with Crippen molar-refractivity contribution >= 4 is 0 Å². The van der Waals surface area contributed by atoms with Gasteiger partial charge in [0.1, 0.15) is 5.82 Å². The Balaban J connectivity index is 1.84. The maximum Gasteiger partial charge on any atom is 0.122 e. The highest BCUT2D eigenvalue weighted by atomic mass is 15.3. The van der Waals surface area contributed by atoms with E-state index in [2.05, 4.69) is 25.4 Å². The average molecular weight is 233 g/mol. The molecule has 1 aliphatic heterocycles. The quantitative estimate of drug-likeness (QED) is 0.760. The van der Waals surface area contributed by atoms with Crippen molar-refractivity contribution in [3.8, 4) is 6.07 Å². The molecule has 5 nitrogen and oxygen atoms in total. The van der Waals surface area contributed by atoms with Gasteiger partial charge in [0.2, 0.25) is 0 Å². The third kappa shape index (κ3) is 2.84. The summed E-state index contributed by atoms with van der Waals surface area (Å²) < 4.78 is 2.06. The van der Waals surface area contributed by atoms with Crippen molar-refractivity contribution in [1.29, 1.82) is 5.26 Å². The largest absolute Gasteiger partial charge is 0.337 e. The monoisotopic (exact) mass is 233 g/mol. The summed E-state index contributed by atoms with van der Waals surface area (Å²) in [5.41, 5.74) is 0. The molecule has 2 heterocycles. The molecule has 1 aromatic rings. The van der Waals surface area contributed by atoms with Gasteiger partial charge < -0.3 is 4.57 Å². The molecule has 1 atom stereocenters. The summed E-state index contributed by atoms with van der Waals surface area (Å²) in [4.78, 5) is 8.96. The van der Waals surface area contributed by atoms with Gasteiger partial charge >= 0.3 is 0 Å². The number of aryl methyl sites for hydroxylation is 1. The van der Waals surface area contributed by atoms with Crippen molar-refractivity contribution in [3.63, 3.8) is 0 Å². The van der Waals surface area contributed by atoms with E-state index >= 15 is 0 Å². The van der Waals surface area contributed by atoms with Gasteiger partial charge in [-0.15, -0.1) is 0 Å². The van der Waals surface area contributed by atoms with Gasteiger partial charge in [0.25, 0.3) is 0 Å². The van der Waals surface area contributed by atoms with Crippen LogP contribution in [0.15, 0.2) is 12.4 Å². The van der Waals surface area contributed by atoms with Crippen molar-refractivity contribution in [3.05, 3.63) is 18.2 Å². The standard InChI is InChI=1S/C12H19N5/c1-11(9-13)17-7-5-16(6-8-17)10-12-14-3-4-15(12)2/h3-4,11H,5-8,10H2,1-2H3/t11-/m1/s1. The first kappa shape index (κ1) is 12.1. The summed E-state index contributed by atoms with van der Waals surface area (Å²) in [6, 6.07) is 2.33. The lowest BCUT2D eigenvalue weighted by Crippen LogP contribution is -2.49. The van der Waals surface area contributed by atoms with Gasteiger partial charge in [0.15, 0.2) is 0 Å². The summed E-state index contributed by atoms with van der Waals surface area (Å²) in [5.74, 6) is 1.10. The fourth-order valence-electron chi connectivity index (χ4n) is 2.14. The summed E-state index contributed by atoms with van der Waals surface area (Å²) in [5, 5.41) is 8.88. The normalized spacial score (nSPS) is 20.1. The van der Waals surface area contributed by atoms with Crippen molar-refractivity contribution in [2.24, 2.45) is 7.05 Å². The van der Waals surface area contributed by atoms with E-state index in [1.807, 2.05) is 26.4 Å². The van der Waals surface area contributed by atoms with Crippen LogP contribution >= 0.6 is 0 Å². The molecule has 0 unspecified atom stereocenters. The van der Waals surface area contributed by atoms with Crippen LogP contribution in [0.4, 0.5) is 0 Å². The number of rotatable bonds is 3. The molecule has 0 saturated carbocycles. The fourth-order valence-corrected chi connectivity index (χ4v) is 2.14. The van der Waals surface area contributed by atoms with E-state index in [1.165, 1.54) is 0 Å². The number of aromatic nitrogens is 2. The van der Waals surface area contributed by atoms with Crippen LogP contribution in [0, 0.1) is 11.3 Å². The lowest BCUT2D eigenvalue weighted by Gasteiger charge is -2.35. The molecular formula is C12H19N5. The minimum absolute atomic E-state index is 0.0327. The molecule has 0 radical (unpaired) electrons. The first-order valence-electron chi connectivity index (χ1n) is 6.03. The molecule has 17 heavy (non-hydrogen) atoms. The lowest BCUT2D eigenvalue weighted by molar-refractivity contribution is 0.112. The second-order valence-electron chi connectivity index (χ2n) is 4.57. The molecule has 0 aromatic carbocycles. The molecule has 0 spiro atoms. The maximum absolute atomic E-state index is 8.88. The van der Waals surface area contributed by atoms with E-state index in [0.29, 0.717) is 0 Å². The van der Waals surface area contributed by atoms with E-state index in [0.717, 1.165) is 38.5 Å². The summed E-state index contributed by atoms with van der Waals surface area (Å²) in [7, 11) is 2.02. The highest BCUT2D eigenvalue weighted by molar-refractivity contribution is 4.94. The molecule has 0 bridgehead atoms. The van der Waals surface area contributed by atoms with E-state index in [4.69, 9.17) is 5.26 Å². The van der Waals surface area contributed by atoms with Gasteiger partial charge in [-0.05, 0) is 6.92 Å². The van der Waals surface area contributed by atoms with Gasteiger partial charge in [-0.1, -0.05) is 0 Å². The minimum Gasteiger partial charge on any atom is -0.337 e. The Hall–Kier alpha value is -1.38. The van der Waals surface area contributed by atoms with Gasteiger partial charge in [0, 0.05) is 45.6 Å². The van der Waals surface area contributed by atoms with Gasteiger partial charge in [-0.3, -0.25) is 9.80 Å². The molecule has 0 N–H and O–H groups in total. The lowest BCUT2D eigenvalue weighted by atomic mass is 10.2. The summed E-state index contributed by atoms with van der Waals surface area (Å²) in [6.07, 6.45) is 3.81. The van der Waals surface area contributed by atoms with Gasteiger partial charge in [-0.2, -0.15) is 5.26 Å². The van der Waals surface area contributed by atoms with E-state index in [1.54, 1.807) is 0 Å². The third-order valence-corrected chi connectivity index (χ3v) is 3.43. The predicted molar refractivity (Wildman–Crippen MR) is 65.1 cm³/mol. The summed E-state index contributed by atoms with van der Waals surface area (Å²) >= 11 is 0. The number of nitrogens with zero attached hydrogens (tertiary/aromatic N) is 5. The maximum atomic E-state index is 8.88. The van der Waals surface area contributed by atoms with Crippen LogP contribution in [-0.4, -0.2) is 51.6 Å². The summed E-state index contributed by atoms with van der Waals surface area (Å²) in [6.45, 7) is 6.84. The van der Waals surface area contributed by atoms with Crippen LogP contribution in [0.25, 0.3) is 0 Å². The predicted octanol–water partition coefficient (Wildman–Crippen LogP) is 0.450. The van der Waals surface area contributed by atoms with Crippen LogP contribution < -0.4 is 0 Å². The zero-order valence-corrected chi connectivity index (χ0v) is 10.5. The molecule has 2 rings (SSSR count). The molecule has 1 saturated heterocycles. The average Bonchev–Trinajstić information content (AvgIpc) is 2.75. The number of hydrogen-bond acceptors (Lipinski definition) is 4. The van der Waals surface area contributed by atoms with Crippen molar-refractivity contribution in [2.45, 2.75) is 19.5 Å². The second-order valence-corrected chi connectivity index (χ2v) is 4.57. The molecule has 1 fully saturated rings. The number of piperazine rings is 1. The molecule has 1 aliphatic rings. The Bertz CT molecular complexity index is 397. The van der Waals surface area contributed by atoms with Crippen LogP contribution in [0.2, 0.25) is 0 Å². The molecule has 92 valence electrons. The van der Waals surface area contributed by atoms with Crippen LogP contribution in [0.5, 0.6) is 0 Å². The number of hydrogen-bond donors (Lipinski definition) is 0. The van der Waals surface area contributed by atoms with Gasteiger partial charge in [-0.25, -0.2) is 4.98 Å². The third-order valence-electron chi connectivity index (χ3n) is 3.43. The Kier molecular flexibility index (Phi) is 3.77. The highest BCUT2D eigenvalue weighted by Gasteiger charge is 2.21. The van der Waals surface area contributed by atoms with Crippen LogP contribution in [-0.2, 0) is 13.6 Å². The number of nitriles is 1. The molecule has 1 aromatic heterocycles. The zero-order chi connectivity index (χ0) is 12.3. The van der Waals surface area contributed by atoms with E-state index < -0.39 is 0 Å². The minimum atomic E-state index is 0.0327. The molecule has 0 amide bonds. The first-order chi connectivity index (χ1) is 8.20. The SMILES string of the molecule is C[C@H](C#N)N1CCN(Cc2nccn2C)CC1. The fraction of sp³-hybridized carbons (Fsp3) is 0.667. The Morgan fingerprint density at radius 1 is 1.41 bits per heavy atom. The smallest absolute Gasteiger partial charge is 0.122 e. The van der Waals surface area contributed by atoms with Crippen LogP contribution in [0.3, 0.4) is 0 Å². The van der Waals surface area contributed by atoms with Crippen LogP contribution in [0.1, 0.15) is 12.7 Å². The molecular weight excluding hydrogens is 214 g/mol.